The van der Waals surface area contributed by atoms with Crippen LogP contribution in [0.3, 0.4) is 0 Å². The molecule has 1 aromatic rings. The minimum absolute atomic E-state index is 0.00657. The van der Waals surface area contributed by atoms with Gasteiger partial charge in [0.05, 0.1) is 6.26 Å². The Morgan fingerprint density at radius 1 is 1.50 bits per heavy atom. The molecule has 0 aliphatic heterocycles. The van der Waals surface area contributed by atoms with Crippen molar-refractivity contribution in [2.75, 3.05) is 6.26 Å². The highest BCUT2D eigenvalue weighted by Gasteiger charge is 2.20. The van der Waals surface area contributed by atoms with Crippen molar-refractivity contribution in [1.29, 1.82) is 0 Å². The van der Waals surface area contributed by atoms with Crippen LogP contribution in [0, 0.1) is 0 Å². The molecule has 80 valence electrons. The Labute approximate surface area is 89.4 Å². The van der Waals surface area contributed by atoms with Crippen molar-refractivity contribution in [3.8, 4) is 0 Å². The highest BCUT2D eigenvalue weighted by molar-refractivity contribution is 7.88. The third-order valence-corrected chi connectivity index (χ3v) is 4.16. The van der Waals surface area contributed by atoms with Crippen LogP contribution >= 0.6 is 11.3 Å². The van der Waals surface area contributed by atoms with Gasteiger partial charge in [0.1, 0.15) is 0 Å². The molecule has 14 heavy (non-hydrogen) atoms. The summed E-state index contributed by atoms with van der Waals surface area (Å²) < 4.78 is 24.4. The summed E-state index contributed by atoms with van der Waals surface area (Å²) in [5.74, 6) is 0. The third-order valence-electron chi connectivity index (χ3n) is 1.89. The van der Waals surface area contributed by atoms with Gasteiger partial charge in [-0.3, -0.25) is 0 Å². The number of rotatable bonds is 4. The van der Waals surface area contributed by atoms with Crippen LogP contribution in [0.4, 0.5) is 0 Å². The Morgan fingerprint density at radius 3 is 2.50 bits per heavy atom. The van der Waals surface area contributed by atoms with Gasteiger partial charge in [-0.2, -0.15) is 4.31 Å². The molecular weight excluding hydrogens is 218 g/mol. The summed E-state index contributed by atoms with van der Waals surface area (Å²) in [7, 11) is -3.10. The van der Waals surface area contributed by atoms with Crippen molar-refractivity contribution >= 4 is 21.4 Å². The molecule has 0 aromatic carbocycles. The molecule has 0 amide bonds. The lowest BCUT2D eigenvalue weighted by atomic mass is 10.4. The maximum Gasteiger partial charge on any atom is 0.211 e. The van der Waals surface area contributed by atoms with E-state index in [1.807, 2.05) is 31.4 Å². The Morgan fingerprint density at radius 2 is 2.14 bits per heavy atom. The predicted molar refractivity (Wildman–Crippen MR) is 59.8 cm³/mol. The molecule has 0 aliphatic rings. The number of sulfonamides is 1. The maximum atomic E-state index is 11.4. The first-order chi connectivity index (χ1) is 6.41. The first-order valence-corrected chi connectivity index (χ1v) is 7.13. The topological polar surface area (TPSA) is 37.4 Å². The second-order valence-corrected chi connectivity index (χ2v) is 6.45. The van der Waals surface area contributed by atoms with E-state index in [0.717, 1.165) is 4.88 Å². The normalized spacial score (nSPS) is 12.6. The van der Waals surface area contributed by atoms with E-state index in [9.17, 15) is 8.42 Å². The van der Waals surface area contributed by atoms with E-state index >= 15 is 0 Å². The van der Waals surface area contributed by atoms with E-state index in [-0.39, 0.29) is 6.04 Å². The summed E-state index contributed by atoms with van der Waals surface area (Å²) in [4.78, 5) is 1.07. The van der Waals surface area contributed by atoms with Crippen LogP contribution in [-0.4, -0.2) is 25.0 Å². The molecule has 0 atom stereocenters. The van der Waals surface area contributed by atoms with Crippen molar-refractivity contribution in [1.82, 2.24) is 4.31 Å². The summed E-state index contributed by atoms with van der Waals surface area (Å²) in [6.45, 7) is 4.25. The van der Waals surface area contributed by atoms with Crippen molar-refractivity contribution in [3.63, 3.8) is 0 Å². The zero-order valence-electron chi connectivity index (χ0n) is 8.60. The van der Waals surface area contributed by atoms with E-state index < -0.39 is 10.0 Å². The molecule has 0 bridgehead atoms. The first-order valence-electron chi connectivity index (χ1n) is 4.40. The van der Waals surface area contributed by atoms with Gasteiger partial charge in [-0.25, -0.2) is 8.42 Å². The van der Waals surface area contributed by atoms with Crippen LogP contribution in [0.5, 0.6) is 0 Å². The highest BCUT2D eigenvalue weighted by Crippen LogP contribution is 2.16. The number of thiophene rings is 1. The molecule has 0 radical (unpaired) electrons. The average molecular weight is 233 g/mol. The molecule has 0 aliphatic carbocycles. The molecule has 1 aromatic heterocycles. The molecule has 5 heteroatoms. The van der Waals surface area contributed by atoms with Crippen LogP contribution < -0.4 is 0 Å². The van der Waals surface area contributed by atoms with Crippen molar-refractivity contribution in [3.05, 3.63) is 22.4 Å². The predicted octanol–water partition coefficient (Wildman–Crippen LogP) is 1.92. The minimum atomic E-state index is -3.10. The summed E-state index contributed by atoms with van der Waals surface area (Å²) in [5.41, 5.74) is 0. The monoisotopic (exact) mass is 233 g/mol. The van der Waals surface area contributed by atoms with Gasteiger partial charge in [-0.1, -0.05) is 6.07 Å². The quantitative estimate of drug-likeness (QED) is 0.796. The van der Waals surface area contributed by atoms with Crippen LogP contribution in [0.1, 0.15) is 18.7 Å². The fourth-order valence-corrected chi connectivity index (χ4v) is 3.16. The SMILES string of the molecule is CC(C)N(Cc1cccs1)S(C)(=O)=O. The molecule has 1 heterocycles. The average Bonchev–Trinajstić information content (AvgIpc) is 2.48. The molecule has 0 saturated carbocycles. The van der Waals surface area contributed by atoms with Crippen molar-refractivity contribution < 1.29 is 8.42 Å². The minimum Gasteiger partial charge on any atom is -0.212 e. The lowest BCUT2D eigenvalue weighted by molar-refractivity contribution is 0.353. The summed E-state index contributed by atoms with van der Waals surface area (Å²) in [6, 6.07) is 3.89. The van der Waals surface area contributed by atoms with E-state index in [1.165, 1.54) is 10.6 Å². The van der Waals surface area contributed by atoms with Crippen LogP contribution in [-0.2, 0) is 16.6 Å². The Kier molecular flexibility index (Phi) is 3.69. The van der Waals surface area contributed by atoms with Gasteiger partial charge in [-0.15, -0.1) is 11.3 Å². The van der Waals surface area contributed by atoms with Crippen molar-refractivity contribution in [2.24, 2.45) is 0 Å². The van der Waals surface area contributed by atoms with Crippen LogP contribution in [0.25, 0.3) is 0 Å². The van der Waals surface area contributed by atoms with Gasteiger partial charge in [0.15, 0.2) is 0 Å². The molecule has 0 spiro atoms. The molecule has 0 fully saturated rings. The molecule has 0 saturated heterocycles. The second kappa shape index (κ2) is 4.42. The molecule has 0 unspecified atom stereocenters. The molecule has 1 rings (SSSR count). The lowest BCUT2D eigenvalue weighted by Crippen LogP contribution is -2.35. The van der Waals surface area contributed by atoms with Gasteiger partial charge in [0, 0.05) is 17.5 Å². The Bertz CT molecular complexity index is 368. The molecular formula is C9H15NO2S2. The summed E-state index contributed by atoms with van der Waals surface area (Å²) in [5, 5.41) is 1.95. The van der Waals surface area contributed by atoms with Gasteiger partial charge in [0.25, 0.3) is 0 Å². The number of hydrogen-bond donors (Lipinski definition) is 0. The Balaban J connectivity index is 2.82. The van der Waals surface area contributed by atoms with Gasteiger partial charge in [0.2, 0.25) is 10.0 Å². The summed E-state index contributed by atoms with van der Waals surface area (Å²) in [6.07, 6.45) is 1.25. The van der Waals surface area contributed by atoms with E-state index in [1.54, 1.807) is 11.3 Å². The fraction of sp³-hybridized carbons (Fsp3) is 0.556. The molecule has 3 nitrogen and oxygen atoms in total. The highest BCUT2D eigenvalue weighted by atomic mass is 32.2. The van der Waals surface area contributed by atoms with Crippen LogP contribution in [0.15, 0.2) is 17.5 Å². The third kappa shape index (κ3) is 3.08. The smallest absolute Gasteiger partial charge is 0.211 e. The fourth-order valence-electron chi connectivity index (χ4n) is 1.24. The standard InChI is InChI=1S/C9H15NO2S2/c1-8(2)10(14(3,11)12)7-9-5-4-6-13-9/h4-6,8H,7H2,1-3H3. The zero-order chi connectivity index (χ0) is 10.8. The number of hydrogen-bond acceptors (Lipinski definition) is 3. The first kappa shape index (κ1) is 11.7. The zero-order valence-corrected chi connectivity index (χ0v) is 10.2. The lowest BCUT2D eigenvalue weighted by Gasteiger charge is -2.23. The van der Waals surface area contributed by atoms with Gasteiger partial charge >= 0.3 is 0 Å². The van der Waals surface area contributed by atoms with E-state index in [2.05, 4.69) is 0 Å². The van der Waals surface area contributed by atoms with Crippen molar-refractivity contribution in [2.45, 2.75) is 26.4 Å². The van der Waals surface area contributed by atoms with E-state index in [0.29, 0.717) is 6.54 Å². The Hall–Kier alpha value is -0.390. The maximum absolute atomic E-state index is 11.4. The largest absolute Gasteiger partial charge is 0.212 e. The van der Waals surface area contributed by atoms with Gasteiger partial charge < -0.3 is 0 Å². The number of nitrogens with zero attached hydrogens (tertiary/aromatic N) is 1. The molecule has 0 N–H and O–H groups in total. The van der Waals surface area contributed by atoms with Gasteiger partial charge in [-0.05, 0) is 25.3 Å². The second-order valence-electron chi connectivity index (χ2n) is 3.48. The summed E-state index contributed by atoms with van der Waals surface area (Å²) >= 11 is 1.58. The van der Waals surface area contributed by atoms with E-state index in [4.69, 9.17) is 0 Å². The van der Waals surface area contributed by atoms with Crippen LogP contribution in [0.2, 0.25) is 0 Å².